The van der Waals surface area contributed by atoms with E-state index < -0.39 is 23.9 Å². The Balaban J connectivity index is 2.72. The van der Waals surface area contributed by atoms with Crippen LogP contribution in [0.25, 0.3) is 0 Å². The molecule has 0 radical (unpaired) electrons. The summed E-state index contributed by atoms with van der Waals surface area (Å²) >= 11 is 0. The number of carboxylic acid groups (broad SMARTS) is 2. The molecule has 3 N–H and O–H groups in total. The van der Waals surface area contributed by atoms with E-state index in [1.165, 1.54) is 18.4 Å². The van der Waals surface area contributed by atoms with E-state index in [0.717, 1.165) is 0 Å². The SMILES string of the molecule is O=C(NC(C(=O)O)C(=O)O)c1ccco1. The zero-order chi connectivity index (χ0) is 11.4. The van der Waals surface area contributed by atoms with Gasteiger partial charge in [0.25, 0.3) is 5.91 Å². The highest BCUT2D eigenvalue weighted by Crippen LogP contribution is 2.00. The molecule has 1 amide bonds. The number of aliphatic carboxylic acids is 2. The third-order valence-electron chi connectivity index (χ3n) is 1.51. The summed E-state index contributed by atoms with van der Waals surface area (Å²) in [6.45, 7) is 0. The molecule has 0 aliphatic rings. The maximum Gasteiger partial charge on any atom is 0.338 e. The summed E-state index contributed by atoms with van der Waals surface area (Å²) in [5.41, 5.74) is 0. The van der Waals surface area contributed by atoms with Crippen molar-refractivity contribution < 1.29 is 29.0 Å². The molecule has 0 fully saturated rings. The second-order valence-corrected chi connectivity index (χ2v) is 2.56. The highest BCUT2D eigenvalue weighted by Gasteiger charge is 2.28. The third-order valence-corrected chi connectivity index (χ3v) is 1.51. The van der Waals surface area contributed by atoms with E-state index in [0.29, 0.717) is 0 Å². The fraction of sp³-hybridized carbons (Fsp3) is 0.125. The summed E-state index contributed by atoms with van der Waals surface area (Å²) in [6, 6.07) is 0.726. The fourth-order valence-corrected chi connectivity index (χ4v) is 0.839. The minimum atomic E-state index is -1.98. The summed E-state index contributed by atoms with van der Waals surface area (Å²) in [7, 11) is 0. The molecule has 1 heterocycles. The van der Waals surface area contributed by atoms with Gasteiger partial charge in [-0.25, -0.2) is 9.59 Å². The van der Waals surface area contributed by atoms with E-state index in [4.69, 9.17) is 10.2 Å². The lowest BCUT2D eigenvalue weighted by Crippen LogP contribution is -2.46. The van der Waals surface area contributed by atoms with E-state index in [2.05, 4.69) is 4.42 Å². The highest BCUT2D eigenvalue weighted by molar-refractivity contribution is 6.03. The van der Waals surface area contributed by atoms with Crippen LogP contribution in [0.15, 0.2) is 22.8 Å². The molecule has 0 saturated heterocycles. The number of rotatable bonds is 4. The molecule has 7 nitrogen and oxygen atoms in total. The van der Waals surface area contributed by atoms with Gasteiger partial charge in [0.2, 0.25) is 6.04 Å². The molecule has 1 rings (SSSR count). The molecule has 15 heavy (non-hydrogen) atoms. The van der Waals surface area contributed by atoms with Crippen LogP contribution in [0.2, 0.25) is 0 Å². The van der Waals surface area contributed by atoms with Crippen LogP contribution in [-0.2, 0) is 9.59 Å². The van der Waals surface area contributed by atoms with Crippen LogP contribution < -0.4 is 5.32 Å². The van der Waals surface area contributed by atoms with Gasteiger partial charge in [0.1, 0.15) is 0 Å². The molecule has 0 aliphatic heterocycles. The van der Waals surface area contributed by atoms with Gasteiger partial charge in [0.05, 0.1) is 6.26 Å². The number of carboxylic acids is 2. The molecule has 1 aromatic heterocycles. The first kappa shape index (κ1) is 10.8. The number of hydrogen-bond acceptors (Lipinski definition) is 4. The number of nitrogens with one attached hydrogen (secondary N) is 1. The Morgan fingerprint density at radius 3 is 2.27 bits per heavy atom. The Bertz CT molecular complexity index is 368. The molecule has 1 aromatic rings. The predicted molar refractivity (Wildman–Crippen MR) is 45.2 cm³/mol. The minimum Gasteiger partial charge on any atom is -0.479 e. The van der Waals surface area contributed by atoms with Crippen LogP contribution in [-0.4, -0.2) is 34.1 Å². The summed E-state index contributed by atoms with van der Waals surface area (Å²) in [5.74, 6) is -4.35. The lowest BCUT2D eigenvalue weighted by atomic mass is 10.3. The van der Waals surface area contributed by atoms with Crippen molar-refractivity contribution in [1.29, 1.82) is 0 Å². The van der Waals surface area contributed by atoms with Crippen LogP contribution in [0.5, 0.6) is 0 Å². The van der Waals surface area contributed by atoms with Crippen molar-refractivity contribution in [3.05, 3.63) is 24.2 Å². The van der Waals surface area contributed by atoms with Gasteiger partial charge < -0.3 is 19.9 Å². The largest absolute Gasteiger partial charge is 0.479 e. The van der Waals surface area contributed by atoms with Gasteiger partial charge in [-0.15, -0.1) is 0 Å². The molecule has 0 aromatic carbocycles. The Hall–Kier alpha value is -2.31. The predicted octanol–water partition coefficient (Wildman–Crippen LogP) is -0.453. The van der Waals surface area contributed by atoms with E-state index in [-0.39, 0.29) is 5.76 Å². The zero-order valence-electron chi connectivity index (χ0n) is 7.34. The Morgan fingerprint density at radius 1 is 1.27 bits per heavy atom. The molecular weight excluding hydrogens is 206 g/mol. The first-order valence-corrected chi connectivity index (χ1v) is 3.82. The zero-order valence-corrected chi connectivity index (χ0v) is 7.34. The first-order valence-electron chi connectivity index (χ1n) is 3.82. The van der Waals surface area contributed by atoms with Crippen LogP contribution in [0.1, 0.15) is 10.6 Å². The van der Waals surface area contributed by atoms with Crippen molar-refractivity contribution in [3.8, 4) is 0 Å². The average Bonchev–Trinajstić information content (AvgIpc) is 2.65. The quantitative estimate of drug-likeness (QED) is 0.583. The number of carbonyl (C=O) groups excluding carboxylic acids is 1. The number of hydrogen-bond donors (Lipinski definition) is 3. The highest BCUT2D eigenvalue weighted by atomic mass is 16.4. The second kappa shape index (κ2) is 4.27. The standard InChI is InChI=1S/C8H7NO6/c10-6(4-2-1-3-15-4)9-5(7(11)12)8(13)14/h1-3,5H,(H,9,10)(H,11,12)(H,13,14). The Labute approximate surface area is 83.3 Å². The van der Waals surface area contributed by atoms with Gasteiger partial charge in [-0.2, -0.15) is 0 Å². The smallest absolute Gasteiger partial charge is 0.338 e. The minimum absolute atomic E-state index is 0.150. The second-order valence-electron chi connectivity index (χ2n) is 2.56. The normalized spacial score (nSPS) is 9.93. The van der Waals surface area contributed by atoms with Crippen molar-refractivity contribution in [2.45, 2.75) is 6.04 Å². The summed E-state index contributed by atoms with van der Waals surface area (Å²) in [5, 5.41) is 18.7. The number of amides is 1. The molecule has 0 atom stereocenters. The lowest BCUT2D eigenvalue weighted by molar-refractivity contribution is -0.150. The summed E-state index contributed by atoms with van der Waals surface area (Å²) < 4.78 is 4.66. The van der Waals surface area contributed by atoms with E-state index in [1.54, 1.807) is 5.32 Å². The van der Waals surface area contributed by atoms with Crippen molar-refractivity contribution in [2.75, 3.05) is 0 Å². The number of furan rings is 1. The molecule has 0 unspecified atom stereocenters. The molecule has 0 spiro atoms. The molecule has 0 aliphatic carbocycles. The molecule has 7 heteroatoms. The van der Waals surface area contributed by atoms with Crippen LogP contribution in [0.4, 0.5) is 0 Å². The molecule has 0 saturated carbocycles. The van der Waals surface area contributed by atoms with E-state index in [1.807, 2.05) is 0 Å². The lowest BCUT2D eigenvalue weighted by Gasteiger charge is -2.07. The van der Waals surface area contributed by atoms with Gasteiger partial charge in [-0.1, -0.05) is 0 Å². The molecule has 0 bridgehead atoms. The monoisotopic (exact) mass is 213 g/mol. The van der Waals surface area contributed by atoms with Crippen molar-refractivity contribution >= 4 is 17.8 Å². The summed E-state index contributed by atoms with van der Waals surface area (Å²) in [4.78, 5) is 32.0. The van der Waals surface area contributed by atoms with Gasteiger partial charge in [0, 0.05) is 0 Å². The van der Waals surface area contributed by atoms with Crippen molar-refractivity contribution in [3.63, 3.8) is 0 Å². The third kappa shape index (κ3) is 2.56. The molecular formula is C8H7NO6. The Kier molecular flexibility index (Phi) is 3.06. The summed E-state index contributed by atoms with van der Waals surface area (Å²) in [6.07, 6.45) is 1.21. The van der Waals surface area contributed by atoms with E-state index >= 15 is 0 Å². The van der Waals surface area contributed by atoms with Crippen molar-refractivity contribution in [1.82, 2.24) is 5.32 Å². The van der Waals surface area contributed by atoms with Crippen LogP contribution >= 0.6 is 0 Å². The van der Waals surface area contributed by atoms with Crippen LogP contribution in [0.3, 0.4) is 0 Å². The van der Waals surface area contributed by atoms with E-state index in [9.17, 15) is 14.4 Å². The maximum absolute atomic E-state index is 11.2. The number of carbonyl (C=O) groups is 3. The van der Waals surface area contributed by atoms with Gasteiger partial charge >= 0.3 is 11.9 Å². The van der Waals surface area contributed by atoms with Gasteiger partial charge in [-0.05, 0) is 12.1 Å². The maximum atomic E-state index is 11.2. The van der Waals surface area contributed by atoms with Gasteiger partial charge in [-0.3, -0.25) is 4.79 Å². The topological polar surface area (TPSA) is 117 Å². The molecule has 80 valence electrons. The average molecular weight is 213 g/mol. The fourth-order valence-electron chi connectivity index (χ4n) is 0.839. The van der Waals surface area contributed by atoms with Crippen LogP contribution in [0, 0.1) is 0 Å². The van der Waals surface area contributed by atoms with Crippen molar-refractivity contribution in [2.24, 2.45) is 0 Å². The first-order chi connectivity index (χ1) is 7.02. The van der Waals surface area contributed by atoms with Gasteiger partial charge in [0.15, 0.2) is 5.76 Å². The Morgan fingerprint density at radius 2 is 1.87 bits per heavy atom.